The number of phenolic OH excluding ortho intramolecular Hbond substituents is 1. The molecule has 3 nitrogen and oxygen atoms in total. The zero-order valence-electron chi connectivity index (χ0n) is 8.91. The van der Waals surface area contributed by atoms with E-state index < -0.39 is 0 Å². The second-order valence-corrected chi connectivity index (χ2v) is 4.23. The molecule has 0 aliphatic heterocycles. The zero-order chi connectivity index (χ0) is 11.3. The van der Waals surface area contributed by atoms with E-state index in [0.717, 1.165) is 5.75 Å². The molecule has 0 fully saturated rings. The molecule has 0 radical (unpaired) electrons. The first-order chi connectivity index (χ1) is 7.15. The van der Waals surface area contributed by atoms with E-state index in [1.165, 1.54) is 0 Å². The molecule has 0 saturated carbocycles. The van der Waals surface area contributed by atoms with Crippen LogP contribution in [-0.2, 0) is 4.79 Å². The van der Waals surface area contributed by atoms with Crippen molar-refractivity contribution in [2.75, 3.05) is 17.3 Å². The summed E-state index contributed by atoms with van der Waals surface area (Å²) in [5.41, 5.74) is 1.39. The molecular weight excluding hydrogens is 210 g/mol. The highest BCUT2D eigenvalue weighted by atomic mass is 32.2. The first kappa shape index (κ1) is 11.9. The van der Waals surface area contributed by atoms with Crippen molar-refractivity contribution in [1.29, 1.82) is 0 Å². The van der Waals surface area contributed by atoms with Crippen molar-refractivity contribution in [1.82, 2.24) is 0 Å². The maximum atomic E-state index is 11.4. The molecule has 1 aromatic carbocycles. The molecule has 0 spiro atoms. The number of rotatable bonds is 4. The summed E-state index contributed by atoms with van der Waals surface area (Å²) in [6.45, 7) is 1.78. The van der Waals surface area contributed by atoms with E-state index in [2.05, 4.69) is 5.32 Å². The average molecular weight is 225 g/mol. The summed E-state index contributed by atoms with van der Waals surface area (Å²) in [7, 11) is 0. The number of aromatic hydroxyl groups is 1. The van der Waals surface area contributed by atoms with E-state index in [0.29, 0.717) is 17.7 Å². The maximum absolute atomic E-state index is 11.4. The molecular formula is C11H15NO2S. The van der Waals surface area contributed by atoms with Gasteiger partial charge in [-0.3, -0.25) is 4.79 Å². The van der Waals surface area contributed by atoms with E-state index in [-0.39, 0.29) is 11.7 Å². The van der Waals surface area contributed by atoms with Gasteiger partial charge in [-0.05, 0) is 25.3 Å². The molecule has 1 rings (SSSR count). The molecule has 0 bridgehead atoms. The fraction of sp³-hybridized carbons (Fsp3) is 0.364. The van der Waals surface area contributed by atoms with Crippen molar-refractivity contribution in [3.63, 3.8) is 0 Å². The summed E-state index contributed by atoms with van der Waals surface area (Å²) in [5, 5.41) is 12.2. The summed E-state index contributed by atoms with van der Waals surface area (Å²) >= 11 is 1.64. The number of thioether (sulfide) groups is 1. The van der Waals surface area contributed by atoms with Crippen molar-refractivity contribution >= 4 is 23.4 Å². The molecule has 0 heterocycles. The SMILES string of the molecule is CSCCC(=O)Nc1cccc(O)c1C. The molecule has 1 amide bonds. The summed E-state index contributed by atoms with van der Waals surface area (Å²) < 4.78 is 0. The van der Waals surface area contributed by atoms with Gasteiger partial charge in [-0.15, -0.1) is 0 Å². The van der Waals surface area contributed by atoms with Crippen LogP contribution in [0.15, 0.2) is 18.2 Å². The highest BCUT2D eigenvalue weighted by Gasteiger charge is 2.06. The van der Waals surface area contributed by atoms with Crippen LogP contribution in [0.3, 0.4) is 0 Å². The quantitative estimate of drug-likeness (QED) is 0.827. The first-order valence-electron chi connectivity index (χ1n) is 4.72. The van der Waals surface area contributed by atoms with Gasteiger partial charge in [-0.1, -0.05) is 6.07 Å². The third kappa shape index (κ3) is 3.47. The number of amides is 1. The minimum atomic E-state index is -0.0157. The van der Waals surface area contributed by atoms with Crippen LogP contribution in [0.1, 0.15) is 12.0 Å². The van der Waals surface area contributed by atoms with Crippen LogP contribution in [-0.4, -0.2) is 23.0 Å². The third-order valence-corrected chi connectivity index (χ3v) is 2.72. The number of benzene rings is 1. The summed E-state index contributed by atoms with van der Waals surface area (Å²) in [6, 6.07) is 5.10. The summed E-state index contributed by atoms with van der Waals surface area (Å²) in [5.74, 6) is 1.000. The minimum absolute atomic E-state index is 0.0157. The lowest BCUT2D eigenvalue weighted by Crippen LogP contribution is -2.12. The second-order valence-electron chi connectivity index (χ2n) is 3.24. The molecule has 15 heavy (non-hydrogen) atoms. The molecule has 82 valence electrons. The van der Waals surface area contributed by atoms with Gasteiger partial charge in [-0.2, -0.15) is 11.8 Å². The number of hydrogen-bond donors (Lipinski definition) is 2. The molecule has 0 aliphatic rings. The third-order valence-electron chi connectivity index (χ3n) is 2.11. The van der Waals surface area contributed by atoms with Crippen LogP contribution < -0.4 is 5.32 Å². The smallest absolute Gasteiger partial charge is 0.225 e. The fourth-order valence-corrected chi connectivity index (χ4v) is 1.56. The van der Waals surface area contributed by atoms with Crippen LogP contribution in [0.4, 0.5) is 5.69 Å². The Morgan fingerprint density at radius 2 is 2.27 bits per heavy atom. The van der Waals surface area contributed by atoms with Gasteiger partial charge in [0.2, 0.25) is 5.91 Å². The second kappa shape index (κ2) is 5.66. The number of carbonyl (C=O) groups excluding carboxylic acids is 1. The van der Waals surface area contributed by atoms with Crippen LogP contribution in [0.2, 0.25) is 0 Å². The normalized spacial score (nSPS) is 10.0. The molecule has 0 aliphatic carbocycles. The lowest BCUT2D eigenvalue weighted by atomic mass is 10.2. The summed E-state index contributed by atoms with van der Waals surface area (Å²) in [4.78, 5) is 11.4. The number of hydrogen-bond acceptors (Lipinski definition) is 3. The Hall–Kier alpha value is -1.16. The number of nitrogens with one attached hydrogen (secondary N) is 1. The fourth-order valence-electron chi connectivity index (χ4n) is 1.17. The molecule has 2 N–H and O–H groups in total. The molecule has 0 saturated heterocycles. The van der Waals surface area contributed by atoms with Gasteiger partial charge < -0.3 is 10.4 Å². The van der Waals surface area contributed by atoms with Crippen molar-refractivity contribution in [2.24, 2.45) is 0 Å². The Morgan fingerprint density at radius 1 is 1.53 bits per heavy atom. The van der Waals surface area contributed by atoms with Crippen LogP contribution in [0.5, 0.6) is 5.75 Å². The first-order valence-corrected chi connectivity index (χ1v) is 6.12. The van der Waals surface area contributed by atoms with Crippen molar-refractivity contribution in [3.05, 3.63) is 23.8 Å². The Bertz CT molecular complexity index is 352. The number of phenols is 1. The average Bonchev–Trinajstić information content (AvgIpc) is 2.22. The molecule has 0 unspecified atom stereocenters. The monoisotopic (exact) mass is 225 g/mol. The standard InChI is InChI=1S/C11H15NO2S/c1-8-9(4-3-5-10(8)13)12-11(14)6-7-15-2/h3-5,13H,6-7H2,1-2H3,(H,12,14). The molecule has 1 aromatic rings. The van der Waals surface area contributed by atoms with Gasteiger partial charge in [-0.25, -0.2) is 0 Å². The predicted molar refractivity (Wildman–Crippen MR) is 64.5 cm³/mol. The lowest BCUT2D eigenvalue weighted by molar-refractivity contribution is -0.115. The number of anilines is 1. The van der Waals surface area contributed by atoms with Crippen molar-refractivity contribution < 1.29 is 9.90 Å². The van der Waals surface area contributed by atoms with E-state index in [1.54, 1.807) is 36.9 Å². The summed E-state index contributed by atoms with van der Waals surface area (Å²) in [6.07, 6.45) is 2.46. The van der Waals surface area contributed by atoms with Gasteiger partial charge in [0.15, 0.2) is 0 Å². The van der Waals surface area contributed by atoms with Crippen molar-refractivity contribution in [3.8, 4) is 5.75 Å². The van der Waals surface area contributed by atoms with Crippen LogP contribution in [0.25, 0.3) is 0 Å². The Kier molecular flexibility index (Phi) is 4.49. The molecule has 4 heteroatoms. The molecule has 0 aromatic heterocycles. The van der Waals surface area contributed by atoms with Gasteiger partial charge in [0.25, 0.3) is 0 Å². The Morgan fingerprint density at radius 3 is 2.93 bits per heavy atom. The van der Waals surface area contributed by atoms with Gasteiger partial charge in [0.05, 0.1) is 0 Å². The van der Waals surface area contributed by atoms with E-state index in [9.17, 15) is 9.90 Å². The van der Waals surface area contributed by atoms with Crippen LogP contribution in [0, 0.1) is 6.92 Å². The highest BCUT2D eigenvalue weighted by Crippen LogP contribution is 2.23. The predicted octanol–water partition coefficient (Wildman–Crippen LogP) is 2.39. The van der Waals surface area contributed by atoms with Gasteiger partial charge >= 0.3 is 0 Å². The maximum Gasteiger partial charge on any atom is 0.225 e. The lowest BCUT2D eigenvalue weighted by Gasteiger charge is -2.08. The zero-order valence-corrected chi connectivity index (χ0v) is 9.73. The highest BCUT2D eigenvalue weighted by molar-refractivity contribution is 7.98. The van der Waals surface area contributed by atoms with E-state index in [1.807, 2.05) is 6.26 Å². The van der Waals surface area contributed by atoms with Crippen molar-refractivity contribution in [2.45, 2.75) is 13.3 Å². The topological polar surface area (TPSA) is 49.3 Å². The molecule has 0 atom stereocenters. The van der Waals surface area contributed by atoms with Gasteiger partial charge in [0.1, 0.15) is 5.75 Å². The largest absolute Gasteiger partial charge is 0.508 e. The number of carbonyl (C=O) groups is 1. The van der Waals surface area contributed by atoms with Gasteiger partial charge in [0, 0.05) is 23.4 Å². The van der Waals surface area contributed by atoms with E-state index in [4.69, 9.17) is 0 Å². The Labute approximate surface area is 93.9 Å². The van der Waals surface area contributed by atoms with Crippen LogP contribution >= 0.6 is 11.8 Å². The Balaban J connectivity index is 2.64. The van der Waals surface area contributed by atoms with E-state index >= 15 is 0 Å². The minimum Gasteiger partial charge on any atom is -0.508 e.